The van der Waals surface area contributed by atoms with Crippen molar-refractivity contribution >= 4 is 17.2 Å². The number of carbonyl (C=O) groups is 1. The van der Waals surface area contributed by atoms with E-state index >= 15 is 0 Å². The lowest BCUT2D eigenvalue weighted by Crippen LogP contribution is -2.34. The largest absolute Gasteiger partial charge is 0.354 e. The first-order chi connectivity index (χ1) is 8.54. The fraction of sp³-hybridized carbons (Fsp3) is 0.643. The van der Waals surface area contributed by atoms with Crippen molar-refractivity contribution in [3.8, 4) is 0 Å². The molecule has 18 heavy (non-hydrogen) atoms. The lowest BCUT2D eigenvalue weighted by molar-refractivity contribution is -0.121. The second kappa shape index (κ2) is 7.54. The predicted molar refractivity (Wildman–Crippen MR) is 78.0 cm³/mol. The zero-order chi connectivity index (χ0) is 13.5. The first-order valence-electron chi connectivity index (χ1n) is 6.61. The smallest absolute Gasteiger partial charge is 0.221 e. The Morgan fingerprint density at radius 3 is 2.72 bits per heavy atom. The fourth-order valence-electron chi connectivity index (χ4n) is 1.77. The van der Waals surface area contributed by atoms with Crippen LogP contribution in [0.5, 0.6) is 0 Å². The lowest BCUT2D eigenvalue weighted by Gasteiger charge is -2.15. The van der Waals surface area contributed by atoms with Gasteiger partial charge in [0, 0.05) is 29.9 Å². The van der Waals surface area contributed by atoms with Crippen LogP contribution in [0.3, 0.4) is 0 Å². The molecule has 0 saturated heterocycles. The zero-order valence-corrected chi connectivity index (χ0v) is 12.6. The number of aryl methyl sites for hydroxylation is 1. The Morgan fingerprint density at radius 1 is 1.44 bits per heavy atom. The van der Waals surface area contributed by atoms with Crippen molar-refractivity contribution < 1.29 is 4.79 Å². The number of rotatable bonds is 7. The molecule has 2 unspecified atom stereocenters. The van der Waals surface area contributed by atoms with Gasteiger partial charge in [0.1, 0.15) is 0 Å². The quantitative estimate of drug-likeness (QED) is 0.798. The van der Waals surface area contributed by atoms with E-state index in [1.165, 1.54) is 10.4 Å². The molecule has 102 valence electrons. The van der Waals surface area contributed by atoms with Crippen molar-refractivity contribution in [3.63, 3.8) is 0 Å². The second-order valence-electron chi connectivity index (χ2n) is 4.77. The number of nitrogens with one attached hydrogen (secondary N) is 2. The van der Waals surface area contributed by atoms with E-state index < -0.39 is 0 Å². The summed E-state index contributed by atoms with van der Waals surface area (Å²) in [5, 5.41) is 8.48. The van der Waals surface area contributed by atoms with Crippen molar-refractivity contribution in [2.45, 2.75) is 52.6 Å². The van der Waals surface area contributed by atoms with Crippen molar-refractivity contribution in [3.05, 3.63) is 21.9 Å². The van der Waals surface area contributed by atoms with Crippen LogP contribution >= 0.6 is 11.3 Å². The molecule has 0 aliphatic rings. The van der Waals surface area contributed by atoms with E-state index in [2.05, 4.69) is 42.9 Å². The van der Waals surface area contributed by atoms with Gasteiger partial charge in [0.2, 0.25) is 5.91 Å². The SMILES string of the molecule is CCC(C)NC(=O)CCNC(C)c1sccc1C. The topological polar surface area (TPSA) is 41.1 Å². The Morgan fingerprint density at radius 2 is 2.17 bits per heavy atom. The average molecular weight is 268 g/mol. The first kappa shape index (κ1) is 15.2. The van der Waals surface area contributed by atoms with Crippen LogP contribution in [0.15, 0.2) is 11.4 Å². The molecule has 2 atom stereocenters. The van der Waals surface area contributed by atoms with Gasteiger partial charge < -0.3 is 10.6 Å². The molecule has 1 aromatic heterocycles. The number of carbonyl (C=O) groups excluding carboxylic acids is 1. The normalized spacial score (nSPS) is 14.2. The molecule has 0 radical (unpaired) electrons. The minimum absolute atomic E-state index is 0.131. The second-order valence-corrected chi connectivity index (χ2v) is 5.72. The molecule has 0 aliphatic heterocycles. The highest BCUT2D eigenvalue weighted by Crippen LogP contribution is 2.23. The fourth-order valence-corrected chi connectivity index (χ4v) is 2.73. The minimum atomic E-state index is 0.131. The van der Waals surface area contributed by atoms with Gasteiger partial charge in [-0.05, 0) is 44.2 Å². The summed E-state index contributed by atoms with van der Waals surface area (Å²) < 4.78 is 0. The highest BCUT2D eigenvalue weighted by atomic mass is 32.1. The molecule has 4 heteroatoms. The predicted octanol–water partition coefficient (Wildman–Crippen LogP) is 3.01. The van der Waals surface area contributed by atoms with Crippen molar-refractivity contribution in [2.24, 2.45) is 0 Å². The monoisotopic (exact) mass is 268 g/mol. The van der Waals surface area contributed by atoms with Gasteiger partial charge in [-0.25, -0.2) is 0 Å². The first-order valence-corrected chi connectivity index (χ1v) is 7.49. The molecule has 0 aliphatic carbocycles. The molecular formula is C14H24N2OS. The van der Waals surface area contributed by atoms with Gasteiger partial charge in [-0.3, -0.25) is 4.79 Å². The van der Waals surface area contributed by atoms with E-state index in [0.717, 1.165) is 13.0 Å². The van der Waals surface area contributed by atoms with E-state index in [4.69, 9.17) is 0 Å². The Balaban J connectivity index is 2.26. The third kappa shape index (κ3) is 4.78. The van der Waals surface area contributed by atoms with Gasteiger partial charge >= 0.3 is 0 Å². The molecule has 0 fully saturated rings. The molecule has 2 N–H and O–H groups in total. The third-order valence-corrected chi connectivity index (χ3v) is 4.32. The van der Waals surface area contributed by atoms with Crippen molar-refractivity contribution in [1.29, 1.82) is 0 Å². The maximum absolute atomic E-state index is 11.6. The summed E-state index contributed by atoms with van der Waals surface area (Å²) in [5.74, 6) is 0.131. The van der Waals surface area contributed by atoms with E-state index in [1.807, 2.05) is 6.92 Å². The van der Waals surface area contributed by atoms with Gasteiger partial charge in [-0.1, -0.05) is 6.92 Å². The van der Waals surface area contributed by atoms with Crippen LogP contribution in [-0.2, 0) is 4.79 Å². The molecule has 0 saturated carbocycles. The van der Waals surface area contributed by atoms with Gasteiger partial charge in [-0.2, -0.15) is 0 Å². The van der Waals surface area contributed by atoms with Gasteiger partial charge in [0.15, 0.2) is 0 Å². The van der Waals surface area contributed by atoms with E-state index in [1.54, 1.807) is 11.3 Å². The van der Waals surface area contributed by atoms with Crippen molar-refractivity contribution in [2.75, 3.05) is 6.54 Å². The van der Waals surface area contributed by atoms with Crippen LogP contribution in [0, 0.1) is 6.92 Å². The average Bonchev–Trinajstić information content (AvgIpc) is 2.75. The van der Waals surface area contributed by atoms with Crippen molar-refractivity contribution in [1.82, 2.24) is 10.6 Å². The van der Waals surface area contributed by atoms with Crippen LogP contribution in [0.2, 0.25) is 0 Å². The summed E-state index contributed by atoms with van der Waals surface area (Å²) in [5.41, 5.74) is 1.32. The van der Waals surface area contributed by atoms with Gasteiger partial charge in [-0.15, -0.1) is 11.3 Å². The summed E-state index contributed by atoms with van der Waals surface area (Å²) in [7, 11) is 0. The molecule has 0 bridgehead atoms. The Kier molecular flexibility index (Phi) is 6.36. The van der Waals surface area contributed by atoms with Gasteiger partial charge in [0.25, 0.3) is 0 Å². The van der Waals surface area contributed by atoms with Crippen LogP contribution in [-0.4, -0.2) is 18.5 Å². The molecular weight excluding hydrogens is 244 g/mol. The van der Waals surface area contributed by atoms with Crippen LogP contribution in [0.4, 0.5) is 0 Å². The van der Waals surface area contributed by atoms with Crippen LogP contribution in [0.1, 0.15) is 50.1 Å². The van der Waals surface area contributed by atoms with Crippen LogP contribution in [0.25, 0.3) is 0 Å². The highest BCUT2D eigenvalue weighted by Gasteiger charge is 2.10. The summed E-state index contributed by atoms with van der Waals surface area (Å²) in [6.07, 6.45) is 1.52. The van der Waals surface area contributed by atoms with E-state index in [0.29, 0.717) is 12.5 Å². The lowest BCUT2D eigenvalue weighted by atomic mass is 10.2. The number of hydrogen-bond donors (Lipinski definition) is 2. The third-order valence-electron chi connectivity index (χ3n) is 3.12. The minimum Gasteiger partial charge on any atom is -0.354 e. The van der Waals surface area contributed by atoms with Crippen LogP contribution < -0.4 is 10.6 Å². The molecule has 1 rings (SSSR count). The molecule has 1 heterocycles. The van der Waals surface area contributed by atoms with E-state index in [9.17, 15) is 4.79 Å². The molecule has 0 aromatic carbocycles. The maximum Gasteiger partial charge on any atom is 0.221 e. The summed E-state index contributed by atoms with van der Waals surface area (Å²) in [4.78, 5) is 13.0. The Hall–Kier alpha value is -0.870. The molecule has 3 nitrogen and oxygen atoms in total. The van der Waals surface area contributed by atoms with Gasteiger partial charge in [0.05, 0.1) is 0 Å². The summed E-state index contributed by atoms with van der Waals surface area (Å²) in [6.45, 7) is 9.10. The molecule has 0 spiro atoms. The Bertz CT molecular complexity index is 376. The zero-order valence-electron chi connectivity index (χ0n) is 11.7. The summed E-state index contributed by atoms with van der Waals surface area (Å²) in [6, 6.07) is 2.73. The van der Waals surface area contributed by atoms with E-state index in [-0.39, 0.29) is 11.9 Å². The maximum atomic E-state index is 11.6. The summed E-state index contributed by atoms with van der Waals surface area (Å²) >= 11 is 1.77. The number of hydrogen-bond acceptors (Lipinski definition) is 3. The molecule has 1 aromatic rings. The number of thiophene rings is 1. The number of amides is 1. The Labute approximate surface area is 114 Å². The standard InChI is InChI=1S/C14H24N2OS/c1-5-11(3)16-13(17)6-8-15-12(4)14-10(2)7-9-18-14/h7,9,11-12,15H,5-6,8H2,1-4H3,(H,16,17). The molecule has 1 amide bonds. The highest BCUT2D eigenvalue weighted by molar-refractivity contribution is 7.10.